The number of benzene rings is 1. The van der Waals surface area contributed by atoms with Gasteiger partial charge in [-0.3, -0.25) is 9.59 Å². The Morgan fingerprint density at radius 1 is 1.21 bits per heavy atom. The van der Waals surface area contributed by atoms with Crippen molar-refractivity contribution in [3.8, 4) is 0 Å². The minimum absolute atomic E-state index is 0.00445. The van der Waals surface area contributed by atoms with Crippen LogP contribution in [0.5, 0.6) is 0 Å². The first-order valence-electron chi connectivity index (χ1n) is 9.02. The van der Waals surface area contributed by atoms with Crippen LogP contribution in [-0.2, 0) is 14.3 Å². The first-order chi connectivity index (χ1) is 13.3. The molecule has 1 saturated heterocycles. The number of likely N-dealkylation sites (tertiary alicyclic amines) is 1. The smallest absolute Gasteiger partial charge is 0.295 e. The molecule has 0 spiro atoms. The second-order valence-electron chi connectivity index (χ2n) is 6.87. The van der Waals surface area contributed by atoms with Crippen molar-refractivity contribution in [1.82, 2.24) is 4.90 Å². The fraction of sp³-hybridized carbons (Fsp3) is 0.333. The fourth-order valence-corrected chi connectivity index (χ4v) is 3.28. The predicted molar refractivity (Wildman–Crippen MR) is 105 cm³/mol. The van der Waals surface area contributed by atoms with E-state index in [2.05, 4.69) is 0 Å². The third-order valence-electron chi connectivity index (χ3n) is 4.47. The average molecular weight is 404 g/mol. The van der Waals surface area contributed by atoms with Gasteiger partial charge in [0.1, 0.15) is 23.3 Å². The van der Waals surface area contributed by atoms with Crippen molar-refractivity contribution in [1.29, 1.82) is 0 Å². The maximum absolute atomic E-state index is 12.8. The molecule has 2 heterocycles. The highest BCUT2D eigenvalue weighted by molar-refractivity contribution is 6.46. The number of aliphatic hydroxyl groups is 1. The maximum atomic E-state index is 12.8. The van der Waals surface area contributed by atoms with Gasteiger partial charge in [0.15, 0.2) is 0 Å². The Morgan fingerprint density at radius 3 is 2.46 bits per heavy atom. The number of aliphatic hydroxyl groups excluding tert-OH is 1. The van der Waals surface area contributed by atoms with Gasteiger partial charge in [-0.15, -0.1) is 0 Å². The normalized spacial score (nSPS) is 19.0. The van der Waals surface area contributed by atoms with E-state index < -0.39 is 17.7 Å². The molecule has 0 radical (unpaired) electrons. The molecule has 2 aromatic rings. The van der Waals surface area contributed by atoms with Crippen molar-refractivity contribution in [3.63, 3.8) is 0 Å². The number of amides is 1. The second kappa shape index (κ2) is 8.20. The number of ether oxygens (including phenoxy) is 1. The molecule has 7 heteroatoms. The minimum Gasteiger partial charge on any atom is -0.507 e. The van der Waals surface area contributed by atoms with E-state index in [0.29, 0.717) is 22.1 Å². The number of rotatable bonds is 6. The van der Waals surface area contributed by atoms with Crippen LogP contribution in [0.1, 0.15) is 37.0 Å². The summed E-state index contributed by atoms with van der Waals surface area (Å²) in [4.78, 5) is 26.8. The molecule has 1 fully saturated rings. The lowest BCUT2D eigenvalue weighted by atomic mass is 9.99. The van der Waals surface area contributed by atoms with Gasteiger partial charge in [0.25, 0.3) is 11.7 Å². The molecule has 0 aliphatic carbocycles. The molecule has 1 aromatic carbocycles. The van der Waals surface area contributed by atoms with Gasteiger partial charge >= 0.3 is 0 Å². The molecule has 1 aliphatic rings. The summed E-state index contributed by atoms with van der Waals surface area (Å²) in [6.45, 7) is 6.02. The molecule has 148 valence electrons. The zero-order valence-electron chi connectivity index (χ0n) is 15.9. The first-order valence-corrected chi connectivity index (χ1v) is 9.39. The number of Topliss-reactive ketones (excluding diaryl/α,β-unsaturated/α-hetero) is 1. The Morgan fingerprint density at radius 2 is 1.89 bits per heavy atom. The number of nitrogens with zero attached hydrogens (tertiary/aromatic N) is 1. The van der Waals surface area contributed by atoms with Gasteiger partial charge in [0.2, 0.25) is 0 Å². The van der Waals surface area contributed by atoms with Gasteiger partial charge in [-0.05, 0) is 57.2 Å². The Labute approximate surface area is 168 Å². The first kappa shape index (κ1) is 20.2. The Kier molecular flexibility index (Phi) is 5.91. The maximum Gasteiger partial charge on any atom is 0.295 e. The zero-order chi connectivity index (χ0) is 20.4. The number of furan rings is 1. The van der Waals surface area contributed by atoms with Crippen molar-refractivity contribution in [2.75, 3.05) is 13.2 Å². The highest BCUT2D eigenvalue weighted by Gasteiger charge is 2.47. The van der Waals surface area contributed by atoms with Gasteiger partial charge in [-0.1, -0.05) is 11.6 Å². The van der Waals surface area contributed by atoms with Crippen LogP contribution in [0.15, 0.2) is 46.4 Å². The fourth-order valence-electron chi connectivity index (χ4n) is 3.16. The lowest BCUT2D eigenvalue weighted by Crippen LogP contribution is -2.33. The lowest BCUT2D eigenvalue weighted by Gasteiger charge is -2.23. The summed E-state index contributed by atoms with van der Waals surface area (Å²) in [7, 11) is 0. The van der Waals surface area contributed by atoms with Crippen molar-refractivity contribution < 1.29 is 23.8 Å². The summed E-state index contributed by atoms with van der Waals surface area (Å²) in [5.41, 5.74) is 0.389. The van der Waals surface area contributed by atoms with Crippen molar-refractivity contribution in [3.05, 3.63) is 64.1 Å². The third-order valence-corrected chi connectivity index (χ3v) is 4.72. The van der Waals surface area contributed by atoms with Gasteiger partial charge in [0, 0.05) is 17.1 Å². The van der Waals surface area contributed by atoms with Crippen LogP contribution in [0.2, 0.25) is 5.02 Å². The van der Waals surface area contributed by atoms with Crippen LogP contribution in [0.4, 0.5) is 0 Å². The van der Waals surface area contributed by atoms with E-state index in [9.17, 15) is 14.7 Å². The third kappa shape index (κ3) is 3.98. The molecule has 1 aromatic heterocycles. The second-order valence-corrected chi connectivity index (χ2v) is 7.30. The summed E-state index contributed by atoms with van der Waals surface area (Å²) in [6.07, 6.45) is -0.00445. The van der Waals surface area contributed by atoms with Crippen LogP contribution in [-0.4, -0.2) is 41.0 Å². The topological polar surface area (TPSA) is 80.0 Å². The van der Waals surface area contributed by atoms with E-state index in [4.69, 9.17) is 20.8 Å². The number of carbonyl (C=O) groups is 2. The lowest BCUT2D eigenvalue weighted by molar-refractivity contribution is -0.140. The Hall–Kier alpha value is -2.57. The largest absolute Gasteiger partial charge is 0.507 e. The van der Waals surface area contributed by atoms with E-state index in [1.54, 1.807) is 43.3 Å². The molecule has 1 unspecified atom stereocenters. The zero-order valence-corrected chi connectivity index (χ0v) is 16.7. The van der Waals surface area contributed by atoms with Crippen molar-refractivity contribution >= 4 is 29.1 Å². The molecule has 28 heavy (non-hydrogen) atoms. The van der Waals surface area contributed by atoms with Gasteiger partial charge in [0.05, 0.1) is 18.3 Å². The highest BCUT2D eigenvalue weighted by atomic mass is 35.5. The quantitative estimate of drug-likeness (QED) is 0.446. The van der Waals surface area contributed by atoms with Gasteiger partial charge in [-0.2, -0.15) is 0 Å². The number of aryl methyl sites for hydroxylation is 1. The van der Waals surface area contributed by atoms with Crippen LogP contribution in [0.25, 0.3) is 5.76 Å². The number of carbonyl (C=O) groups excluding carboxylic acids is 2. The molecule has 0 bridgehead atoms. The molecular weight excluding hydrogens is 382 g/mol. The molecule has 6 nitrogen and oxygen atoms in total. The van der Waals surface area contributed by atoms with Crippen LogP contribution >= 0.6 is 11.6 Å². The van der Waals surface area contributed by atoms with E-state index >= 15 is 0 Å². The summed E-state index contributed by atoms with van der Waals surface area (Å²) in [5, 5.41) is 11.3. The molecule has 3 rings (SSSR count). The summed E-state index contributed by atoms with van der Waals surface area (Å²) >= 11 is 5.91. The number of hydrogen-bond acceptors (Lipinski definition) is 5. The van der Waals surface area contributed by atoms with Gasteiger partial charge in [-0.25, -0.2) is 0 Å². The summed E-state index contributed by atoms with van der Waals surface area (Å²) < 4.78 is 11.2. The molecular formula is C21H22ClNO5. The molecule has 1 aliphatic heterocycles. The van der Waals surface area contributed by atoms with E-state index in [-0.39, 0.29) is 30.6 Å². The van der Waals surface area contributed by atoms with E-state index in [1.165, 1.54) is 4.90 Å². The monoisotopic (exact) mass is 403 g/mol. The summed E-state index contributed by atoms with van der Waals surface area (Å²) in [5.74, 6) is -0.651. The Bertz CT molecular complexity index is 913. The molecule has 1 amide bonds. The van der Waals surface area contributed by atoms with E-state index in [0.717, 1.165) is 0 Å². The summed E-state index contributed by atoms with van der Waals surface area (Å²) in [6, 6.07) is 9.04. The van der Waals surface area contributed by atoms with Crippen LogP contribution in [0.3, 0.4) is 0 Å². The molecule has 1 N–H and O–H groups in total. The average Bonchev–Trinajstić information content (AvgIpc) is 3.18. The SMILES string of the molecule is Cc1ccc(C2/C(=C(/O)c3ccc(Cl)cc3)C(=O)C(=O)N2CCOC(C)C)o1. The van der Waals surface area contributed by atoms with Gasteiger partial charge < -0.3 is 19.2 Å². The highest BCUT2D eigenvalue weighted by Crippen LogP contribution is 2.39. The van der Waals surface area contributed by atoms with Crippen LogP contribution < -0.4 is 0 Å². The molecule has 0 saturated carbocycles. The number of hydrogen-bond donors (Lipinski definition) is 1. The Balaban J connectivity index is 2.05. The molecule has 1 atom stereocenters. The number of halogens is 1. The van der Waals surface area contributed by atoms with E-state index in [1.807, 2.05) is 13.8 Å². The predicted octanol–water partition coefficient (Wildman–Crippen LogP) is 4.09. The number of ketones is 1. The standard InChI is InChI=1S/C21H22ClNO5/c1-12(2)27-11-10-23-18(16-9-4-13(3)28-16)17(20(25)21(23)26)19(24)14-5-7-15(22)8-6-14/h4-9,12,18,24H,10-11H2,1-3H3/b19-17-. The van der Waals surface area contributed by atoms with Crippen molar-refractivity contribution in [2.24, 2.45) is 0 Å². The minimum atomic E-state index is -0.819. The van der Waals surface area contributed by atoms with Crippen molar-refractivity contribution in [2.45, 2.75) is 32.9 Å². The van der Waals surface area contributed by atoms with Crippen LogP contribution in [0, 0.1) is 6.92 Å².